The lowest BCUT2D eigenvalue weighted by Crippen LogP contribution is -2.25. The summed E-state index contributed by atoms with van der Waals surface area (Å²) >= 11 is 1.16. The van der Waals surface area contributed by atoms with Gasteiger partial charge in [-0.05, 0) is 47.5 Å². The summed E-state index contributed by atoms with van der Waals surface area (Å²) in [5, 5.41) is 8.76. The molecule has 0 saturated heterocycles. The number of nitrogens with zero attached hydrogens (tertiary/aromatic N) is 3. The first-order valence-corrected chi connectivity index (χ1v) is 12.4. The van der Waals surface area contributed by atoms with E-state index in [1.807, 2.05) is 0 Å². The van der Waals surface area contributed by atoms with Gasteiger partial charge in [-0.25, -0.2) is 13.8 Å². The van der Waals surface area contributed by atoms with Gasteiger partial charge in [0, 0.05) is 24.6 Å². The van der Waals surface area contributed by atoms with Gasteiger partial charge in [0.2, 0.25) is 5.91 Å². The van der Waals surface area contributed by atoms with E-state index in [0.29, 0.717) is 28.7 Å². The monoisotopic (exact) mass is 520 g/mol. The maximum atomic E-state index is 13.6. The van der Waals surface area contributed by atoms with Gasteiger partial charge in [-0.1, -0.05) is 42.1 Å². The molecule has 2 aliphatic rings. The fraction of sp³-hybridized carbons (Fsp3) is 0.185. The van der Waals surface area contributed by atoms with Gasteiger partial charge in [-0.2, -0.15) is 10.1 Å². The molecule has 5 rings (SSSR count). The highest BCUT2D eigenvalue weighted by Crippen LogP contribution is 2.38. The van der Waals surface area contributed by atoms with Crippen LogP contribution in [0, 0.1) is 11.6 Å². The molecule has 10 heteroatoms. The van der Waals surface area contributed by atoms with Crippen molar-refractivity contribution in [1.82, 2.24) is 5.01 Å². The summed E-state index contributed by atoms with van der Waals surface area (Å²) in [5.41, 5.74) is 2.77. The van der Waals surface area contributed by atoms with E-state index >= 15 is 0 Å². The van der Waals surface area contributed by atoms with E-state index in [1.54, 1.807) is 53.5 Å². The summed E-state index contributed by atoms with van der Waals surface area (Å²) in [6.45, 7) is 0. The maximum absolute atomic E-state index is 13.6. The van der Waals surface area contributed by atoms with E-state index in [-0.39, 0.29) is 30.0 Å². The molecular formula is C27H22F2N4O3S. The molecule has 0 aromatic heterocycles. The smallest absolute Gasteiger partial charge is 0.262 e. The zero-order valence-corrected chi connectivity index (χ0v) is 20.5. The number of hydrogen-bond donors (Lipinski definition) is 1. The van der Waals surface area contributed by atoms with Gasteiger partial charge in [0.15, 0.2) is 5.17 Å². The number of hydrogen-bond acceptors (Lipinski definition) is 6. The Hall–Kier alpha value is -4.05. The lowest BCUT2D eigenvalue weighted by Gasteiger charge is -2.23. The Morgan fingerprint density at radius 1 is 1.08 bits per heavy atom. The second kappa shape index (κ2) is 10.5. The second-order valence-corrected chi connectivity index (χ2v) is 9.66. The maximum Gasteiger partial charge on any atom is 0.262 e. The van der Waals surface area contributed by atoms with Crippen LogP contribution in [0.25, 0.3) is 0 Å². The minimum absolute atomic E-state index is 0.0721. The van der Waals surface area contributed by atoms with E-state index in [0.717, 1.165) is 22.9 Å². The minimum atomic E-state index is -0.709. The van der Waals surface area contributed by atoms with E-state index in [1.165, 1.54) is 31.4 Å². The third-order valence-corrected chi connectivity index (χ3v) is 7.13. The predicted molar refractivity (Wildman–Crippen MR) is 139 cm³/mol. The summed E-state index contributed by atoms with van der Waals surface area (Å²) in [5.74, 6) is -0.874. The van der Waals surface area contributed by atoms with Crippen molar-refractivity contribution < 1.29 is 23.1 Å². The Balaban J connectivity index is 1.34. The first kappa shape index (κ1) is 24.6. The minimum Gasteiger partial charge on any atom is -0.497 e. The number of benzene rings is 3. The van der Waals surface area contributed by atoms with Gasteiger partial charge in [0.25, 0.3) is 5.91 Å². The van der Waals surface area contributed by atoms with Gasteiger partial charge >= 0.3 is 0 Å². The van der Waals surface area contributed by atoms with Crippen molar-refractivity contribution in [2.75, 3.05) is 12.4 Å². The zero-order chi connectivity index (χ0) is 25.9. The first-order valence-electron chi connectivity index (χ1n) is 11.5. The molecule has 0 unspecified atom stereocenters. The van der Waals surface area contributed by atoms with E-state index in [2.05, 4.69) is 10.3 Å². The number of carbonyl (C=O) groups is 2. The van der Waals surface area contributed by atoms with Crippen molar-refractivity contribution in [3.63, 3.8) is 0 Å². The van der Waals surface area contributed by atoms with Crippen LogP contribution in [0.1, 0.15) is 30.0 Å². The molecule has 0 saturated carbocycles. The standard InChI is InChI=1S/C27H22F2N4O3S/c1-36-21-4-2-3-20(13-21)30-25(34)15-24-26(35)31-27(37-24)33-23(17-7-11-19(29)12-8-17)14-22(32-33)16-5-9-18(28)10-6-16/h2-13,23-24H,14-15H2,1H3,(H,30,34)/t23-,24+/m0/s1. The fourth-order valence-corrected chi connectivity index (χ4v) is 5.20. The van der Waals surface area contributed by atoms with Crippen molar-refractivity contribution in [1.29, 1.82) is 0 Å². The molecule has 0 spiro atoms. The highest BCUT2D eigenvalue weighted by atomic mass is 32.2. The van der Waals surface area contributed by atoms with Crippen molar-refractivity contribution >= 4 is 40.1 Å². The highest BCUT2D eigenvalue weighted by molar-refractivity contribution is 8.15. The first-order chi connectivity index (χ1) is 17.9. The highest BCUT2D eigenvalue weighted by Gasteiger charge is 2.39. The number of carbonyl (C=O) groups excluding carboxylic acids is 2. The Kier molecular flexibility index (Phi) is 7.00. The van der Waals surface area contributed by atoms with Crippen LogP contribution in [0.4, 0.5) is 14.5 Å². The van der Waals surface area contributed by atoms with Crippen LogP contribution in [-0.2, 0) is 9.59 Å². The summed E-state index contributed by atoms with van der Waals surface area (Å²) < 4.78 is 32.2. The number of anilines is 1. The van der Waals surface area contributed by atoms with Crippen molar-refractivity contribution in [3.8, 4) is 5.75 Å². The van der Waals surface area contributed by atoms with Crippen LogP contribution in [0.15, 0.2) is 82.9 Å². The van der Waals surface area contributed by atoms with Crippen molar-refractivity contribution in [3.05, 3.63) is 95.6 Å². The molecule has 2 atom stereocenters. The summed E-state index contributed by atoms with van der Waals surface area (Å²) in [7, 11) is 1.54. The number of nitrogens with one attached hydrogen (secondary N) is 1. The molecule has 0 aliphatic carbocycles. The van der Waals surface area contributed by atoms with Crippen LogP contribution >= 0.6 is 11.8 Å². The summed E-state index contributed by atoms with van der Waals surface area (Å²) in [6.07, 6.45) is 0.378. The lowest BCUT2D eigenvalue weighted by molar-refractivity contribution is -0.121. The average molecular weight is 521 g/mol. The molecule has 188 valence electrons. The number of amidine groups is 1. The number of thioether (sulfide) groups is 1. The Morgan fingerprint density at radius 2 is 1.78 bits per heavy atom. The summed E-state index contributed by atoms with van der Waals surface area (Å²) in [4.78, 5) is 29.6. The molecule has 2 heterocycles. The van der Waals surface area contributed by atoms with Gasteiger partial charge < -0.3 is 10.1 Å². The predicted octanol–water partition coefficient (Wildman–Crippen LogP) is 5.15. The van der Waals surface area contributed by atoms with E-state index in [4.69, 9.17) is 9.84 Å². The molecular weight excluding hydrogens is 498 g/mol. The Labute approximate surface area is 216 Å². The van der Waals surface area contributed by atoms with Crippen molar-refractivity contribution in [2.24, 2.45) is 10.1 Å². The van der Waals surface area contributed by atoms with Gasteiger partial charge in [0.1, 0.15) is 22.6 Å². The molecule has 37 heavy (non-hydrogen) atoms. The quantitative estimate of drug-likeness (QED) is 0.486. The van der Waals surface area contributed by atoms with Crippen LogP contribution in [0.2, 0.25) is 0 Å². The van der Waals surface area contributed by atoms with Gasteiger partial charge in [-0.3, -0.25) is 9.59 Å². The molecule has 0 fully saturated rings. The zero-order valence-electron chi connectivity index (χ0n) is 19.7. The largest absolute Gasteiger partial charge is 0.497 e. The number of aliphatic imine (C=N–C) groups is 1. The van der Waals surface area contributed by atoms with Crippen molar-refractivity contribution in [2.45, 2.75) is 24.1 Å². The third kappa shape index (κ3) is 5.54. The molecule has 3 aromatic carbocycles. The topological polar surface area (TPSA) is 83.4 Å². The Morgan fingerprint density at radius 3 is 2.49 bits per heavy atom. The van der Waals surface area contributed by atoms with Gasteiger partial charge in [-0.15, -0.1) is 0 Å². The molecule has 0 radical (unpaired) electrons. The number of halogens is 2. The Bertz CT molecular complexity index is 1390. The molecule has 2 amide bonds. The second-order valence-electron chi connectivity index (χ2n) is 8.49. The van der Waals surface area contributed by atoms with Gasteiger partial charge in [0.05, 0.1) is 18.9 Å². The van der Waals surface area contributed by atoms with Crippen LogP contribution < -0.4 is 10.1 Å². The SMILES string of the molecule is COc1cccc(NC(=O)C[C@H]2SC(N3N=C(c4ccc(F)cc4)C[C@H]3c3ccc(F)cc3)=NC2=O)c1. The van der Waals surface area contributed by atoms with Crippen LogP contribution in [0.5, 0.6) is 5.75 Å². The molecule has 3 aromatic rings. The number of methoxy groups -OCH3 is 1. The van der Waals surface area contributed by atoms with Crippen LogP contribution in [0.3, 0.4) is 0 Å². The average Bonchev–Trinajstić information content (AvgIpc) is 3.49. The molecule has 0 bridgehead atoms. The number of ether oxygens (including phenoxy) is 1. The normalized spacial score (nSPS) is 19.0. The number of rotatable bonds is 6. The number of hydrazone groups is 1. The third-order valence-electron chi connectivity index (χ3n) is 5.99. The fourth-order valence-electron chi connectivity index (χ4n) is 4.13. The lowest BCUT2D eigenvalue weighted by atomic mass is 9.98. The number of amides is 2. The van der Waals surface area contributed by atoms with Crippen LogP contribution in [-0.4, -0.2) is 40.1 Å². The molecule has 2 aliphatic heterocycles. The van der Waals surface area contributed by atoms with E-state index in [9.17, 15) is 18.4 Å². The van der Waals surface area contributed by atoms with E-state index < -0.39 is 11.2 Å². The summed E-state index contributed by atoms with van der Waals surface area (Å²) in [6, 6.07) is 18.6. The molecule has 7 nitrogen and oxygen atoms in total. The molecule has 1 N–H and O–H groups in total.